The third-order valence-corrected chi connectivity index (χ3v) is 2.81. The second-order valence-corrected chi connectivity index (χ2v) is 5.78. The maximum Gasteiger partial charge on any atom is 0.0789 e. The molecule has 0 fully saturated rings. The Balaban J connectivity index is 3.03. The maximum atomic E-state index is 6.27. The zero-order chi connectivity index (χ0) is 13.0. The molecule has 0 amide bonds. The molecule has 1 rings (SSSR count). The lowest BCUT2D eigenvalue weighted by Gasteiger charge is -2.30. The number of benzene rings is 1. The van der Waals surface area contributed by atoms with Crippen LogP contribution in [0.15, 0.2) is 18.2 Å². The first-order chi connectivity index (χ1) is 7.91. The predicted octanol–water partition coefficient (Wildman–Crippen LogP) is 4.04. The van der Waals surface area contributed by atoms with Gasteiger partial charge in [-0.15, -0.1) is 0 Å². The first-order valence-corrected chi connectivity index (χ1v) is 6.58. The summed E-state index contributed by atoms with van der Waals surface area (Å²) in [5.74, 6) is 1.17. The maximum absolute atomic E-state index is 6.27. The Morgan fingerprint density at radius 3 is 2.06 bits per heavy atom. The predicted molar refractivity (Wildman–Crippen MR) is 77.8 cm³/mol. The Labute approximate surface area is 110 Å². The lowest BCUT2D eigenvalue weighted by Crippen LogP contribution is -2.32. The molecule has 96 valence electrons. The van der Waals surface area contributed by atoms with E-state index in [2.05, 4.69) is 32.6 Å². The molecule has 0 bridgehead atoms. The largest absolute Gasteiger partial charge is 0.397 e. The number of hydrogen-bond donors (Lipinski definition) is 1. The molecule has 2 nitrogen and oxygen atoms in total. The van der Waals surface area contributed by atoms with Crippen molar-refractivity contribution in [2.24, 2.45) is 11.8 Å². The van der Waals surface area contributed by atoms with E-state index in [0.717, 1.165) is 29.5 Å². The standard InChI is InChI=1S/C14H23ClN2/c1-10(2)8-17(9-11(3)4)14-12(15)6-5-7-13(14)16/h5-7,10-11H,8-9,16H2,1-4H3. The lowest BCUT2D eigenvalue weighted by molar-refractivity contribution is 0.553. The van der Waals surface area contributed by atoms with Crippen LogP contribution in [0.3, 0.4) is 0 Å². The number of nitrogen functional groups attached to an aromatic ring is 1. The van der Waals surface area contributed by atoms with E-state index in [0.29, 0.717) is 11.8 Å². The fourth-order valence-corrected chi connectivity index (χ4v) is 2.31. The van der Waals surface area contributed by atoms with Crippen LogP contribution >= 0.6 is 11.6 Å². The van der Waals surface area contributed by atoms with Gasteiger partial charge in [0.15, 0.2) is 0 Å². The molecule has 0 aliphatic carbocycles. The highest BCUT2D eigenvalue weighted by atomic mass is 35.5. The number of hydrogen-bond acceptors (Lipinski definition) is 2. The average molecular weight is 255 g/mol. The molecule has 1 aromatic carbocycles. The molecule has 0 aliphatic heterocycles. The van der Waals surface area contributed by atoms with Gasteiger partial charge in [0.2, 0.25) is 0 Å². The van der Waals surface area contributed by atoms with Gasteiger partial charge in [0.25, 0.3) is 0 Å². The van der Waals surface area contributed by atoms with Gasteiger partial charge in [0.1, 0.15) is 0 Å². The highest BCUT2D eigenvalue weighted by molar-refractivity contribution is 6.34. The number of nitrogens with zero attached hydrogens (tertiary/aromatic N) is 1. The van der Waals surface area contributed by atoms with E-state index in [1.807, 2.05) is 18.2 Å². The molecule has 0 saturated heterocycles. The summed E-state index contributed by atoms with van der Waals surface area (Å²) in [6.45, 7) is 10.8. The van der Waals surface area contributed by atoms with E-state index in [-0.39, 0.29) is 0 Å². The van der Waals surface area contributed by atoms with Crippen LogP contribution in [0.1, 0.15) is 27.7 Å². The Morgan fingerprint density at radius 2 is 1.65 bits per heavy atom. The third kappa shape index (κ3) is 4.12. The summed E-state index contributed by atoms with van der Waals surface area (Å²) in [6, 6.07) is 5.71. The molecule has 1 aromatic rings. The molecule has 2 N–H and O–H groups in total. The van der Waals surface area contributed by atoms with Crippen molar-refractivity contribution in [3.63, 3.8) is 0 Å². The zero-order valence-electron chi connectivity index (χ0n) is 11.2. The summed E-state index contributed by atoms with van der Waals surface area (Å²) in [4.78, 5) is 2.30. The van der Waals surface area contributed by atoms with E-state index >= 15 is 0 Å². The SMILES string of the molecule is CC(C)CN(CC(C)C)c1c(N)cccc1Cl. The number of nitrogens with two attached hydrogens (primary N) is 1. The minimum absolute atomic E-state index is 0.587. The van der Waals surface area contributed by atoms with Crippen LogP contribution < -0.4 is 10.6 Å². The average Bonchev–Trinajstić information content (AvgIpc) is 2.14. The van der Waals surface area contributed by atoms with E-state index < -0.39 is 0 Å². The fraction of sp³-hybridized carbons (Fsp3) is 0.571. The van der Waals surface area contributed by atoms with Gasteiger partial charge in [-0.05, 0) is 24.0 Å². The summed E-state index contributed by atoms with van der Waals surface area (Å²) >= 11 is 6.27. The van der Waals surface area contributed by atoms with Crippen LogP contribution in [-0.2, 0) is 0 Å². The van der Waals surface area contributed by atoms with Crippen molar-refractivity contribution in [3.8, 4) is 0 Å². The van der Waals surface area contributed by atoms with Crippen molar-refractivity contribution in [1.82, 2.24) is 0 Å². The summed E-state index contributed by atoms with van der Waals surface area (Å²) in [5.41, 5.74) is 7.79. The van der Waals surface area contributed by atoms with Gasteiger partial charge in [0, 0.05) is 13.1 Å². The Bertz CT molecular complexity index is 331. The van der Waals surface area contributed by atoms with Gasteiger partial charge in [-0.25, -0.2) is 0 Å². The van der Waals surface area contributed by atoms with Gasteiger partial charge in [-0.1, -0.05) is 45.4 Å². The normalized spacial score (nSPS) is 11.2. The molecular weight excluding hydrogens is 232 g/mol. The molecular formula is C14H23ClN2. The van der Waals surface area contributed by atoms with Crippen molar-refractivity contribution in [3.05, 3.63) is 23.2 Å². The fourth-order valence-electron chi connectivity index (χ4n) is 2.00. The van der Waals surface area contributed by atoms with Crippen LogP contribution in [0.2, 0.25) is 5.02 Å². The summed E-state index contributed by atoms with van der Waals surface area (Å²) in [5, 5.41) is 0.742. The quantitative estimate of drug-likeness (QED) is 0.804. The first-order valence-electron chi connectivity index (χ1n) is 6.20. The third-order valence-electron chi connectivity index (χ3n) is 2.51. The van der Waals surface area contributed by atoms with Crippen molar-refractivity contribution in [2.75, 3.05) is 23.7 Å². The number of halogens is 1. The van der Waals surface area contributed by atoms with E-state index in [9.17, 15) is 0 Å². The molecule has 0 aliphatic rings. The summed E-state index contributed by atoms with van der Waals surface area (Å²) in [6.07, 6.45) is 0. The lowest BCUT2D eigenvalue weighted by atomic mass is 10.1. The molecule has 0 spiro atoms. The molecule has 0 saturated carbocycles. The highest BCUT2D eigenvalue weighted by Gasteiger charge is 2.15. The molecule has 0 atom stereocenters. The second-order valence-electron chi connectivity index (χ2n) is 5.37. The topological polar surface area (TPSA) is 29.3 Å². The van der Waals surface area contributed by atoms with Crippen LogP contribution in [0.5, 0.6) is 0 Å². The van der Waals surface area contributed by atoms with Gasteiger partial charge >= 0.3 is 0 Å². The van der Waals surface area contributed by atoms with Gasteiger partial charge < -0.3 is 10.6 Å². The van der Waals surface area contributed by atoms with Gasteiger partial charge in [0.05, 0.1) is 16.4 Å². The van der Waals surface area contributed by atoms with Crippen LogP contribution in [0, 0.1) is 11.8 Å². The molecule has 17 heavy (non-hydrogen) atoms. The van der Waals surface area contributed by atoms with Crippen LogP contribution in [-0.4, -0.2) is 13.1 Å². The van der Waals surface area contributed by atoms with Crippen molar-refractivity contribution < 1.29 is 0 Å². The number of rotatable bonds is 5. The van der Waals surface area contributed by atoms with E-state index in [1.165, 1.54) is 0 Å². The Hall–Kier alpha value is -0.890. The van der Waals surface area contributed by atoms with Crippen molar-refractivity contribution in [2.45, 2.75) is 27.7 Å². The second kappa shape index (κ2) is 6.15. The van der Waals surface area contributed by atoms with Crippen molar-refractivity contribution >= 4 is 23.0 Å². The minimum atomic E-state index is 0.587. The Kier molecular flexibility index (Phi) is 5.13. The number of para-hydroxylation sites is 1. The minimum Gasteiger partial charge on any atom is -0.397 e. The smallest absolute Gasteiger partial charge is 0.0789 e. The van der Waals surface area contributed by atoms with Crippen LogP contribution in [0.25, 0.3) is 0 Å². The van der Waals surface area contributed by atoms with Crippen LogP contribution in [0.4, 0.5) is 11.4 Å². The first kappa shape index (κ1) is 14.2. The molecule has 0 unspecified atom stereocenters. The summed E-state index contributed by atoms with van der Waals surface area (Å²) < 4.78 is 0. The van der Waals surface area contributed by atoms with Crippen molar-refractivity contribution in [1.29, 1.82) is 0 Å². The highest BCUT2D eigenvalue weighted by Crippen LogP contribution is 2.32. The summed E-state index contributed by atoms with van der Waals surface area (Å²) in [7, 11) is 0. The van der Waals surface area contributed by atoms with Gasteiger partial charge in [-0.2, -0.15) is 0 Å². The van der Waals surface area contributed by atoms with E-state index in [4.69, 9.17) is 17.3 Å². The molecule has 0 heterocycles. The molecule has 0 aromatic heterocycles. The zero-order valence-corrected chi connectivity index (χ0v) is 12.0. The van der Waals surface area contributed by atoms with E-state index in [1.54, 1.807) is 0 Å². The monoisotopic (exact) mass is 254 g/mol. The Morgan fingerprint density at radius 1 is 1.12 bits per heavy atom. The molecule has 0 radical (unpaired) electrons. The molecule has 3 heteroatoms. The number of anilines is 2. The van der Waals surface area contributed by atoms with Gasteiger partial charge in [-0.3, -0.25) is 0 Å².